The predicted octanol–water partition coefficient (Wildman–Crippen LogP) is 2.87. The van der Waals surface area contributed by atoms with Crippen molar-refractivity contribution in [1.29, 1.82) is 0 Å². The first-order chi connectivity index (χ1) is 11.1. The van der Waals surface area contributed by atoms with E-state index in [2.05, 4.69) is 14.9 Å². The van der Waals surface area contributed by atoms with Gasteiger partial charge in [0.2, 0.25) is 21.7 Å². The smallest absolute Gasteiger partial charge is 0.242 e. The highest BCUT2D eigenvalue weighted by molar-refractivity contribution is 7.89. The molecular formula is C15H12ClN3O3S. The van der Waals surface area contributed by atoms with Crippen molar-refractivity contribution in [2.24, 2.45) is 0 Å². The first-order valence-corrected chi connectivity index (χ1v) is 8.54. The lowest BCUT2D eigenvalue weighted by Crippen LogP contribution is -2.23. The van der Waals surface area contributed by atoms with Gasteiger partial charge in [0.1, 0.15) is 0 Å². The molecule has 0 saturated carbocycles. The van der Waals surface area contributed by atoms with Crippen molar-refractivity contribution in [2.75, 3.05) is 0 Å². The molecule has 1 heterocycles. The summed E-state index contributed by atoms with van der Waals surface area (Å²) in [4.78, 5) is 4.32. The molecule has 8 heteroatoms. The summed E-state index contributed by atoms with van der Waals surface area (Å²) >= 11 is 6.06. The van der Waals surface area contributed by atoms with Crippen molar-refractivity contribution < 1.29 is 12.9 Å². The quantitative estimate of drug-likeness (QED) is 0.765. The first-order valence-electron chi connectivity index (χ1n) is 6.68. The van der Waals surface area contributed by atoms with E-state index in [4.69, 9.17) is 16.1 Å². The summed E-state index contributed by atoms with van der Waals surface area (Å²) in [6.45, 7) is -0.102. The molecular weight excluding hydrogens is 338 g/mol. The average molecular weight is 350 g/mol. The Morgan fingerprint density at radius 2 is 1.74 bits per heavy atom. The molecule has 1 N–H and O–H groups in total. The van der Waals surface area contributed by atoms with E-state index in [0.29, 0.717) is 16.4 Å². The van der Waals surface area contributed by atoms with Gasteiger partial charge in [-0.05, 0) is 24.3 Å². The molecule has 118 valence electrons. The third-order valence-corrected chi connectivity index (χ3v) is 4.80. The monoisotopic (exact) mass is 349 g/mol. The van der Waals surface area contributed by atoms with Gasteiger partial charge in [-0.2, -0.15) is 4.98 Å². The van der Waals surface area contributed by atoms with Crippen LogP contribution >= 0.6 is 11.6 Å². The van der Waals surface area contributed by atoms with Crippen molar-refractivity contribution in [3.8, 4) is 11.4 Å². The van der Waals surface area contributed by atoms with E-state index in [1.165, 1.54) is 12.1 Å². The number of sulfonamides is 1. The average Bonchev–Trinajstić information content (AvgIpc) is 3.03. The van der Waals surface area contributed by atoms with Crippen molar-refractivity contribution in [3.63, 3.8) is 0 Å². The Bertz CT molecular complexity index is 910. The van der Waals surface area contributed by atoms with Crippen LogP contribution in [0.3, 0.4) is 0 Å². The van der Waals surface area contributed by atoms with Crippen LogP contribution in [-0.2, 0) is 16.6 Å². The van der Waals surface area contributed by atoms with Crippen LogP contribution in [0.5, 0.6) is 0 Å². The molecule has 1 aromatic heterocycles. The van der Waals surface area contributed by atoms with Crippen LogP contribution in [0.2, 0.25) is 5.02 Å². The van der Waals surface area contributed by atoms with Crippen molar-refractivity contribution >= 4 is 21.6 Å². The van der Waals surface area contributed by atoms with Crippen LogP contribution in [0, 0.1) is 0 Å². The van der Waals surface area contributed by atoms with E-state index in [1.807, 2.05) is 0 Å². The Morgan fingerprint density at radius 1 is 1.04 bits per heavy atom. The number of benzene rings is 2. The van der Waals surface area contributed by atoms with E-state index in [0.717, 1.165) is 0 Å². The fraction of sp³-hybridized carbons (Fsp3) is 0.0667. The van der Waals surface area contributed by atoms with Crippen LogP contribution in [0.4, 0.5) is 0 Å². The molecule has 3 aromatic rings. The number of halogens is 1. The summed E-state index contributed by atoms with van der Waals surface area (Å²) in [7, 11) is -3.63. The molecule has 0 radical (unpaired) electrons. The minimum atomic E-state index is -3.63. The predicted molar refractivity (Wildman–Crippen MR) is 85.2 cm³/mol. The third kappa shape index (κ3) is 3.58. The second kappa shape index (κ2) is 6.49. The molecule has 0 aliphatic rings. The van der Waals surface area contributed by atoms with Gasteiger partial charge in [0.05, 0.1) is 16.5 Å². The van der Waals surface area contributed by atoms with Gasteiger partial charge in [-0.1, -0.05) is 47.1 Å². The zero-order valence-electron chi connectivity index (χ0n) is 11.8. The van der Waals surface area contributed by atoms with Crippen molar-refractivity contribution in [3.05, 3.63) is 65.5 Å². The molecule has 3 rings (SSSR count). The van der Waals surface area contributed by atoms with Crippen LogP contribution in [0.25, 0.3) is 11.4 Å². The minimum absolute atomic E-state index is 0.102. The number of aromatic nitrogens is 2. The number of hydrogen-bond acceptors (Lipinski definition) is 5. The molecule has 0 aliphatic carbocycles. The van der Waals surface area contributed by atoms with Crippen LogP contribution in [0.15, 0.2) is 64.0 Å². The highest BCUT2D eigenvalue weighted by atomic mass is 35.5. The van der Waals surface area contributed by atoms with E-state index >= 15 is 0 Å². The highest BCUT2D eigenvalue weighted by Crippen LogP contribution is 2.24. The van der Waals surface area contributed by atoms with E-state index in [9.17, 15) is 8.42 Å². The van der Waals surface area contributed by atoms with E-state index in [1.54, 1.807) is 42.5 Å². The van der Waals surface area contributed by atoms with Gasteiger partial charge in [-0.25, -0.2) is 13.1 Å². The standard InChI is InChI=1S/C15H12ClN3O3S/c16-13-9-5-4-8-12(13)15-18-14(22-19-15)10-17-23(20,21)11-6-2-1-3-7-11/h1-9,17H,10H2. The van der Waals surface area contributed by atoms with Crippen LogP contribution in [0.1, 0.15) is 5.89 Å². The molecule has 6 nitrogen and oxygen atoms in total. The summed E-state index contributed by atoms with van der Waals surface area (Å²) in [6.07, 6.45) is 0. The van der Waals surface area contributed by atoms with Crippen LogP contribution < -0.4 is 4.72 Å². The normalized spacial score (nSPS) is 11.5. The molecule has 23 heavy (non-hydrogen) atoms. The number of nitrogens with one attached hydrogen (secondary N) is 1. The fourth-order valence-electron chi connectivity index (χ4n) is 1.92. The van der Waals surface area contributed by atoms with Gasteiger partial charge < -0.3 is 4.52 Å². The minimum Gasteiger partial charge on any atom is -0.338 e. The summed E-state index contributed by atoms with van der Waals surface area (Å²) in [5, 5.41) is 4.31. The Balaban J connectivity index is 1.74. The summed E-state index contributed by atoms with van der Waals surface area (Å²) in [5.41, 5.74) is 0.620. The molecule has 0 saturated heterocycles. The SMILES string of the molecule is O=S(=O)(NCc1nc(-c2ccccc2Cl)no1)c1ccccc1. The molecule has 0 aliphatic heterocycles. The number of hydrogen-bond donors (Lipinski definition) is 1. The third-order valence-electron chi connectivity index (χ3n) is 3.05. The lowest BCUT2D eigenvalue weighted by atomic mass is 10.2. The van der Waals surface area contributed by atoms with Gasteiger partial charge in [0.25, 0.3) is 0 Å². The second-order valence-electron chi connectivity index (χ2n) is 4.63. The lowest BCUT2D eigenvalue weighted by Gasteiger charge is -2.03. The van der Waals surface area contributed by atoms with Gasteiger partial charge in [-0.3, -0.25) is 0 Å². The molecule has 0 unspecified atom stereocenters. The highest BCUT2D eigenvalue weighted by Gasteiger charge is 2.16. The maximum Gasteiger partial charge on any atom is 0.242 e. The van der Waals surface area contributed by atoms with Crippen molar-refractivity contribution in [1.82, 2.24) is 14.9 Å². The molecule has 0 bridgehead atoms. The Hall–Kier alpha value is -2.22. The van der Waals surface area contributed by atoms with Gasteiger partial charge in [0, 0.05) is 5.56 Å². The maximum atomic E-state index is 12.1. The van der Waals surface area contributed by atoms with Crippen molar-refractivity contribution in [2.45, 2.75) is 11.4 Å². The molecule has 2 aromatic carbocycles. The molecule has 0 atom stereocenters. The molecule has 0 spiro atoms. The second-order valence-corrected chi connectivity index (χ2v) is 6.80. The van der Waals surface area contributed by atoms with E-state index in [-0.39, 0.29) is 17.3 Å². The Morgan fingerprint density at radius 3 is 2.48 bits per heavy atom. The number of nitrogens with zero attached hydrogens (tertiary/aromatic N) is 2. The summed E-state index contributed by atoms with van der Waals surface area (Å²) in [5.74, 6) is 0.462. The molecule has 0 fully saturated rings. The topological polar surface area (TPSA) is 85.1 Å². The summed E-state index contributed by atoms with van der Waals surface area (Å²) < 4.78 is 31.7. The van der Waals surface area contributed by atoms with Gasteiger partial charge >= 0.3 is 0 Å². The van der Waals surface area contributed by atoms with E-state index < -0.39 is 10.0 Å². The fourth-order valence-corrected chi connectivity index (χ4v) is 3.13. The summed E-state index contributed by atoms with van der Waals surface area (Å²) in [6, 6.07) is 15.1. The van der Waals surface area contributed by atoms with Gasteiger partial charge in [-0.15, -0.1) is 0 Å². The first kappa shape index (κ1) is 15.7. The number of rotatable bonds is 5. The maximum absolute atomic E-state index is 12.1. The zero-order valence-corrected chi connectivity index (χ0v) is 13.4. The largest absolute Gasteiger partial charge is 0.338 e. The zero-order chi connectivity index (χ0) is 16.3. The van der Waals surface area contributed by atoms with Gasteiger partial charge in [0.15, 0.2) is 0 Å². The molecule has 0 amide bonds. The van der Waals surface area contributed by atoms with Crippen LogP contribution in [-0.4, -0.2) is 18.6 Å². The Labute approximate surface area is 138 Å². The lowest BCUT2D eigenvalue weighted by molar-refractivity contribution is 0.376. The Kier molecular flexibility index (Phi) is 4.42.